The van der Waals surface area contributed by atoms with E-state index in [9.17, 15) is 4.79 Å². The van der Waals surface area contributed by atoms with E-state index in [1.807, 2.05) is 24.3 Å². The van der Waals surface area contributed by atoms with Crippen molar-refractivity contribution in [2.45, 2.75) is 44.6 Å². The number of aromatic nitrogens is 2. The first-order chi connectivity index (χ1) is 12.7. The summed E-state index contributed by atoms with van der Waals surface area (Å²) in [5.41, 5.74) is 0.767. The van der Waals surface area contributed by atoms with Crippen molar-refractivity contribution < 1.29 is 14.1 Å². The number of carbonyl (C=O) groups is 1. The van der Waals surface area contributed by atoms with E-state index < -0.39 is 0 Å². The van der Waals surface area contributed by atoms with Gasteiger partial charge in [-0.3, -0.25) is 9.69 Å². The Hall–Kier alpha value is -2.21. The fourth-order valence-corrected chi connectivity index (χ4v) is 3.62. The maximum Gasteiger partial charge on any atom is 0.243 e. The Balaban J connectivity index is 1.34. The first kappa shape index (κ1) is 17.2. The number of piperidine rings is 1. The molecule has 4 rings (SSSR count). The predicted molar refractivity (Wildman–Crippen MR) is 96.3 cm³/mol. The second-order valence-electron chi connectivity index (χ2n) is 7.34. The Morgan fingerprint density at radius 2 is 1.88 bits per heavy atom. The number of hydrogen-bond donors (Lipinski definition) is 0. The van der Waals surface area contributed by atoms with Crippen LogP contribution >= 0.6 is 0 Å². The molecule has 1 saturated heterocycles. The third kappa shape index (κ3) is 3.51. The molecule has 6 heteroatoms. The molecule has 1 unspecified atom stereocenters. The summed E-state index contributed by atoms with van der Waals surface area (Å²) in [6.45, 7) is 3.85. The van der Waals surface area contributed by atoms with Crippen molar-refractivity contribution in [3.05, 3.63) is 41.5 Å². The Labute approximate surface area is 153 Å². The van der Waals surface area contributed by atoms with Gasteiger partial charge in [-0.05, 0) is 70.0 Å². The minimum absolute atomic E-state index is 0.0801. The zero-order valence-electron chi connectivity index (χ0n) is 15.4. The number of benzene rings is 1. The van der Waals surface area contributed by atoms with Gasteiger partial charge in [0.25, 0.3) is 0 Å². The lowest BCUT2D eigenvalue weighted by Crippen LogP contribution is -2.38. The molecular weight excluding hydrogens is 330 g/mol. The molecule has 1 aliphatic carbocycles. The maximum atomic E-state index is 12.7. The van der Waals surface area contributed by atoms with Gasteiger partial charge in [0.1, 0.15) is 5.75 Å². The molecule has 0 amide bonds. The highest BCUT2D eigenvalue weighted by molar-refractivity contribution is 5.98. The number of hydrogen-bond acceptors (Lipinski definition) is 6. The molecular formula is C20H25N3O3. The molecule has 2 aliphatic rings. The third-order valence-electron chi connectivity index (χ3n) is 5.58. The molecule has 2 aromatic rings. The highest BCUT2D eigenvalue weighted by atomic mass is 16.5. The highest BCUT2D eigenvalue weighted by Crippen LogP contribution is 2.39. The van der Waals surface area contributed by atoms with Crippen molar-refractivity contribution in [1.29, 1.82) is 0 Å². The van der Waals surface area contributed by atoms with Crippen molar-refractivity contribution in [2.75, 3.05) is 20.2 Å². The van der Waals surface area contributed by atoms with Gasteiger partial charge in [-0.1, -0.05) is 5.16 Å². The lowest BCUT2D eigenvalue weighted by atomic mass is 9.88. The molecule has 0 N–H and O–H groups in total. The van der Waals surface area contributed by atoms with Crippen molar-refractivity contribution in [2.24, 2.45) is 5.92 Å². The minimum atomic E-state index is 0.0801. The van der Waals surface area contributed by atoms with E-state index >= 15 is 0 Å². The average Bonchev–Trinajstić information content (AvgIpc) is 3.44. The third-order valence-corrected chi connectivity index (χ3v) is 5.58. The summed E-state index contributed by atoms with van der Waals surface area (Å²) >= 11 is 0. The van der Waals surface area contributed by atoms with Crippen LogP contribution in [0.2, 0.25) is 0 Å². The van der Waals surface area contributed by atoms with Crippen molar-refractivity contribution in [3.63, 3.8) is 0 Å². The molecule has 26 heavy (non-hydrogen) atoms. The molecule has 6 nitrogen and oxygen atoms in total. The number of ether oxygens (including phenoxy) is 1. The van der Waals surface area contributed by atoms with Gasteiger partial charge in [0, 0.05) is 17.4 Å². The molecule has 1 atom stereocenters. The normalized spacial score (nSPS) is 20.1. The number of likely N-dealkylation sites (tertiary alicyclic amines) is 1. The molecule has 1 aliphatic heterocycles. The van der Waals surface area contributed by atoms with Crippen LogP contribution in [0.25, 0.3) is 0 Å². The average molecular weight is 355 g/mol. The second kappa shape index (κ2) is 7.19. The van der Waals surface area contributed by atoms with Crippen LogP contribution in [0, 0.1) is 5.92 Å². The fourth-order valence-electron chi connectivity index (χ4n) is 3.62. The first-order valence-corrected chi connectivity index (χ1v) is 9.41. The van der Waals surface area contributed by atoms with Gasteiger partial charge in [-0.15, -0.1) is 0 Å². The van der Waals surface area contributed by atoms with E-state index in [1.165, 1.54) is 12.8 Å². The molecule has 1 aromatic heterocycles. The molecule has 2 heterocycles. The standard InChI is InChI=1S/C20H25N3O3/c1-13(20-21-19(22-26-20)16-3-4-16)23-11-9-15(10-12-23)18(24)14-5-7-17(25-2)8-6-14/h5-8,13,15-16H,3-4,9-12H2,1-2H3. The maximum absolute atomic E-state index is 12.7. The molecule has 1 aromatic carbocycles. The number of rotatable bonds is 6. The quantitative estimate of drug-likeness (QED) is 0.737. The van der Waals surface area contributed by atoms with Gasteiger partial charge >= 0.3 is 0 Å². The summed E-state index contributed by atoms with van der Waals surface area (Å²) in [6.07, 6.45) is 4.07. The zero-order valence-corrected chi connectivity index (χ0v) is 15.4. The van der Waals surface area contributed by atoms with Crippen LogP contribution < -0.4 is 4.74 Å². The summed E-state index contributed by atoms with van der Waals surface area (Å²) in [6, 6.07) is 7.50. The Morgan fingerprint density at radius 3 is 2.50 bits per heavy atom. The van der Waals surface area contributed by atoms with Gasteiger partial charge in [0.05, 0.1) is 13.2 Å². The van der Waals surface area contributed by atoms with Gasteiger partial charge in [-0.25, -0.2) is 0 Å². The summed E-state index contributed by atoms with van der Waals surface area (Å²) in [4.78, 5) is 19.6. The SMILES string of the molecule is COc1ccc(C(=O)C2CCN(C(C)c3nc(C4CC4)no3)CC2)cc1. The minimum Gasteiger partial charge on any atom is -0.497 e. The number of methoxy groups -OCH3 is 1. The number of nitrogens with zero attached hydrogens (tertiary/aromatic N) is 3. The van der Waals surface area contributed by atoms with E-state index in [-0.39, 0.29) is 17.7 Å². The Kier molecular flexibility index (Phi) is 4.76. The van der Waals surface area contributed by atoms with Crippen LogP contribution in [0.4, 0.5) is 0 Å². The first-order valence-electron chi connectivity index (χ1n) is 9.41. The van der Waals surface area contributed by atoms with Crippen LogP contribution in [0.15, 0.2) is 28.8 Å². The Bertz CT molecular complexity index is 759. The smallest absolute Gasteiger partial charge is 0.243 e. The Morgan fingerprint density at radius 1 is 1.19 bits per heavy atom. The van der Waals surface area contributed by atoms with Gasteiger partial charge in [-0.2, -0.15) is 4.98 Å². The van der Waals surface area contributed by atoms with Crippen LogP contribution in [-0.2, 0) is 0 Å². The van der Waals surface area contributed by atoms with Crippen LogP contribution in [0.3, 0.4) is 0 Å². The predicted octanol–water partition coefficient (Wildman–Crippen LogP) is 3.61. The summed E-state index contributed by atoms with van der Waals surface area (Å²) in [5, 5.41) is 4.11. The van der Waals surface area contributed by atoms with Crippen molar-refractivity contribution >= 4 is 5.78 Å². The van der Waals surface area contributed by atoms with E-state index in [1.54, 1.807) is 7.11 Å². The summed E-state index contributed by atoms with van der Waals surface area (Å²) in [5.74, 6) is 3.15. The number of ketones is 1. The highest BCUT2D eigenvalue weighted by Gasteiger charge is 2.33. The van der Waals surface area contributed by atoms with E-state index in [4.69, 9.17) is 9.26 Å². The number of Topliss-reactive ketones (excluding diaryl/α,β-unsaturated/α-hetero) is 1. The van der Waals surface area contributed by atoms with Crippen LogP contribution in [-0.4, -0.2) is 41.0 Å². The van der Waals surface area contributed by atoms with Crippen LogP contribution in [0.1, 0.15) is 66.6 Å². The van der Waals surface area contributed by atoms with Gasteiger partial charge in [0.2, 0.25) is 5.89 Å². The molecule has 138 valence electrons. The number of carbonyl (C=O) groups excluding carboxylic acids is 1. The van der Waals surface area contributed by atoms with Crippen molar-refractivity contribution in [3.8, 4) is 5.75 Å². The monoisotopic (exact) mass is 355 g/mol. The summed E-state index contributed by atoms with van der Waals surface area (Å²) in [7, 11) is 1.63. The molecule has 0 radical (unpaired) electrons. The topological polar surface area (TPSA) is 68.5 Å². The van der Waals surface area contributed by atoms with E-state index in [0.717, 1.165) is 43.1 Å². The second-order valence-corrected chi connectivity index (χ2v) is 7.34. The van der Waals surface area contributed by atoms with Crippen LogP contribution in [0.5, 0.6) is 5.75 Å². The van der Waals surface area contributed by atoms with Crippen molar-refractivity contribution in [1.82, 2.24) is 15.0 Å². The van der Waals surface area contributed by atoms with Gasteiger partial charge < -0.3 is 9.26 Å². The fraction of sp³-hybridized carbons (Fsp3) is 0.550. The molecule has 2 fully saturated rings. The molecule has 1 saturated carbocycles. The lowest BCUT2D eigenvalue weighted by Gasteiger charge is -2.33. The van der Waals surface area contributed by atoms with E-state index in [2.05, 4.69) is 22.0 Å². The van der Waals surface area contributed by atoms with E-state index in [0.29, 0.717) is 11.8 Å². The lowest BCUT2D eigenvalue weighted by molar-refractivity contribution is 0.0774. The summed E-state index contributed by atoms with van der Waals surface area (Å²) < 4.78 is 10.6. The van der Waals surface area contributed by atoms with Gasteiger partial charge in [0.15, 0.2) is 11.6 Å². The zero-order chi connectivity index (χ0) is 18.1. The largest absolute Gasteiger partial charge is 0.497 e. The molecule has 0 bridgehead atoms. The molecule has 0 spiro atoms.